The number of rotatable bonds is 4. The van der Waals surface area contributed by atoms with Crippen LogP contribution in [0.1, 0.15) is 18.1 Å². The lowest BCUT2D eigenvalue weighted by Crippen LogP contribution is -2.55. The lowest BCUT2D eigenvalue weighted by molar-refractivity contribution is -0.143. The maximum atomic E-state index is 13.7. The highest BCUT2D eigenvalue weighted by atomic mass is 79.9. The minimum atomic E-state index is -1.19. The number of nitrogens with one attached hydrogen (secondary N) is 1. The van der Waals surface area contributed by atoms with Crippen LogP contribution in [0.25, 0.3) is 0 Å². The summed E-state index contributed by atoms with van der Waals surface area (Å²) in [6.07, 6.45) is 0. The molecule has 6 nitrogen and oxygen atoms in total. The summed E-state index contributed by atoms with van der Waals surface area (Å²) in [6, 6.07) is 16.8. The monoisotopic (exact) mass is 467 g/mol. The number of likely N-dealkylation sites (tertiary alicyclic amines) is 1. The maximum Gasteiger partial charge on any atom is 0.252 e. The second-order valence-corrected chi connectivity index (χ2v) is 8.95. The Hall–Kier alpha value is -2.51. The summed E-state index contributed by atoms with van der Waals surface area (Å²) < 4.78 is 0. The molecule has 3 heterocycles. The fraction of sp³-hybridized carbons (Fsp3) is 0.348. The number of para-hydroxylation sites is 1. The summed E-state index contributed by atoms with van der Waals surface area (Å²) in [6.45, 7) is 2.63. The van der Waals surface area contributed by atoms with E-state index in [2.05, 4.69) is 21.2 Å². The molecule has 0 aliphatic carbocycles. The summed E-state index contributed by atoms with van der Waals surface area (Å²) >= 11 is 3.43. The van der Waals surface area contributed by atoms with Crippen LogP contribution in [-0.2, 0) is 26.5 Å². The van der Waals surface area contributed by atoms with Gasteiger partial charge in [0.1, 0.15) is 5.54 Å². The number of hydrogen-bond acceptors (Lipinski definition) is 4. The van der Waals surface area contributed by atoms with Crippen molar-refractivity contribution in [2.75, 3.05) is 16.8 Å². The van der Waals surface area contributed by atoms with Crippen LogP contribution in [0.4, 0.5) is 5.69 Å². The van der Waals surface area contributed by atoms with Crippen LogP contribution in [0.3, 0.4) is 0 Å². The molecule has 5 rings (SSSR count). The molecule has 1 N–H and O–H groups in total. The molecule has 0 unspecified atom stereocenters. The summed E-state index contributed by atoms with van der Waals surface area (Å²) in [4.78, 5) is 43.7. The molecule has 4 atom stereocenters. The SMILES string of the molecule is C[C@H]1N[C@]2(C(=O)N(CCBr)c3ccccc32)[C@@H]2C(=O)N(Cc3ccccc3)C(=O)[C@H]21. The average molecular weight is 468 g/mol. The zero-order chi connectivity index (χ0) is 21.0. The van der Waals surface area contributed by atoms with Crippen molar-refractivity contribution in [2.45, 2.75) is 25.0 Å². The molecule has 3 aliphatic rings. The summed E-state index contributed by atoms with van der Waals surface area (Å²) in [5.41, 5.74) is 1.30. The zero-order valence-corrected chi connectivity index (χ0v) is 18.1. The van der Waals surface area contributed by atoms with Crippen LogP contribution in [-0.4, -0.2) is 40.5 Å². The molecule has 0 saturated carbocycles. The van der Waals surface area contributed by atoms with Crippen LogP contribution in [0.2, 0.25) is 0 Å². The molecule has 2 aromatic carbocycles. The van der Waals surface area contributed by atoms with Crippen molar-refractivity contribution < 1.29 is 14.4 Å². The van der Waals surface area contributed by atoms with Gasteiger partial charge in [-0.05, 0) is 18.6 Å². The molecule has 7 heteroatoms. The van der Waals surface area contributed by atoms with E-state index in [1.165, 1.54) is 4.90 Å². The molecule has 0 bridgehead atoms. The van der Waals surface area contributed by atoms with Gasteiger partial charge in [-0.2, -0.15) is 0 Å². The van der Waals surface area contributed by atoms with Gasteiger partial charge in [0, 0.05) is 29.2 Å². The van der Waals surface area contributed by atoms with Gasteiger partial charge in [0.15, 0.2) is 0 Å². The summed E-state index contributed by atoms with van der Waals surface area (Å²) in [5, 5.41) is 4.02. The van der Waals surface area contributed by atoms with Crippen LogP contribution in [0.5, 0.6) is 0 Å². The Bertz CT molecular complexity index is 1040. The van der Waals surface area contributed by atoms with Crippen LogP contribution >= 0.6 is 15.9 Å². The Morgan fingerprint density at radius 3 is 2.40 bits per heavy atom. The van der Waals surface area contributed by atoms with E-state index in [-0.39, 0.29) is 30.3 Å². The highest BCUT2D eigenvalue weighted by Crippen LogP contribution is 2.54. The molecule has 3 aliphatic heterocycles. The van der Waals surface area contributed by atoms with Crippen molar-refractivity contribution in [1.29, 1.82) is 0 Å². The standard InChI is InChI=1S/C23H22BrN3O3/c1-14-18-19(21(29)27(20(18)28)13-15-7-3-2-4-8-15)23(25-14)16-9-5-6-10-17(16)26(12-11-24)22(23)30/h2-10,14,18-19,25H,11-13H2,1H3/t14-,18+,19+,23+/m1/s1. The molecule has 3 amide bonds. The Labute approximate surface area is 183 Å². The first kappa shape index (κ1) is 19.5. The van der Waals surface area contributed by atoms with Crippen molar-refractivity contribution in [2.24, 2.45) is 11.8 Å². The number of amides is 3. The minimum Gasteiger partial charge on any atom is -0.309 e. The van der Waals surface area contributed by atoms with E-state index in [1.807, 2.05) is 61.5 Å². The first-order valence-electron chi connectivity index (χ1n) is 10.1. The first-order chi connectivity index (χ1) is 14.5. The fourth-order valence-corrected chi connectivity index (χ4v) is 5.75. The van der Waals surface area contributed by atoms with Crippen LogP contribution in [0, 0.1) is 11.8 Å². The molecule has 0 aromatic heterocycles. The lowest BCUT2D eigenvalue weighted by atomic mass is 9.76. The number of anilines is 1. The Morgan fingerprint density at radius 2 is 1.67 bits per heavy atom. The number of fused-ring (bicyclic) bond motifs is 4. The number of alkyl halides is 1. The number of benzene rings is 2. The Balaban J connectivity index is 1.60. The third kappa shape index (κ3) is 2.48. The van der Waals surface area contributed by atoms with Gasteiger partial charge in [0.2, 0.25) is 11.8 Å². The summed E-state index contributed by atoms with van der Waals surface area (Å²) in [7, 11) is 0. The normalized spacial score (nSPS) is 29.8. The van der Waals surface area contributed by atoms with Gasteiger partial charge in [-0.25, -0.2) is 0 Å². The van der Waals surface area contributed by atoms with Crippen LogP contribution in [0.15, 0.2) is 54.6 Å². The average Bonchev–Trinajstić information content (AvgIpc) is 3.29. The molecule has 154 valence electrons. The van der Waals surface area contributed by atoms with Gasteiger partial charge in [-0.3, -0.25) is 24.6 Å². The number of imide groups is 1. The molecule has 30 heavy (non-hydrogen) atoms. The van der Waals surface area contributed by atoms with E-state index in [9.17, 15) is 14.4 Å². The van der Waals surface area contributed by atoms with Gasteiger partial charge in [-0.15, -0.1) is 0 Å². The highest BCUT2D eigenvalue weighted by molar-refractivity contribution is 9.09. The second kappa shape index (κ2) is 7.03. The Morgan fingerprint density at radius 1 is 0.967 bits per heavy atom. The number of hydrogen-bond donors (Lipinski definition) is 1. The number of halogens is 1. The van der Waals surface area contributed by atoms with Crippen molar-refractivity contribution in [1.82, 2.24) is 10.2 Å². The quantitative estimate of drug-likeness (QED) is 0.553. The van der Waals surface area contributed by atoms with E-state index >= 15 is 0 Å². The van der Waals surface area contributed by atoms with Gasteiger partial charge in [0.05, 0.1) is 18.4 Å². The predicted molar refractivity (Wildman–Crippen MR) is 116 cm³/mol. The van der Waals surface area contributed by atoms with Crippen LogP contribution < -0.4 is 10.2 Å². The largest absolute Gasteiger partial charge is 0.309 e. The minimum absolute atomic E-state index is 0.148. The topological polar surface area (TPSA) is 69.7 Å². The lowest BCUT2D eigenvalue weighted by Gasteiger charge is -2.30. The van der Waals surface area contributed by atoms with Crippen molar-refractivity contribution in [3.05, 3.63) is 65.7 Å². The number of nitrogens with zero attached hydrogens (tertiary/aromatic N) is 2. The number of carbonyl (C=O) groups is 3. The van der Waals surface area contributed by atoms with E-state index < -0.39 is 17.4 Å². The summed E-state index contributed by atoms with van der Waals surface area (Å²) in [5.74, 6) is -1.91. The molecule has 2 saturated heterocycles. The molecule has 2 fully saturated rings. The van der Waals surface area contributed by atoms with E-state index in [0.717, 1.165) is 16.8 Å². The van der Waals surface area contributed by atoms with Gasteiger partial charge >= 0.3 is 0 Å². The smallest absolute Gasteiger partial charge is 0.252 e. The molecule has 0 radical (unpaired) electrons. The third-order valence-electron chi connectivity index (χ3n) is 6.60. The second-order valence-electron chi connectivity index (χ2n) is 8.16. The Kier molecular flexibility index (Phi) is 4.56. The maximum absolute atomic E-state index is 13.7. The van der Waals surface area contributed by atoms with Gasteiger partial charge < -0.3 is 4.90 Å². The number of carbonyl (C=O) groups excluding carboxylic acids is 3. The third-order valence-corrected chi connectivity index (χ3v) is 6.95. The first-order valence-corrected chi connectivity index (χ1v) is 11.3. The zero-order valence-electron chi connectivity index (χ0n) is 16.5. The predicted octanol–water partition coefficient (Wildman–Crippen LogP) is 2.42. The van der Waals surface area contributed by atoms with E-state index in [0.29, 0.717) is 11.9 Å². The van der Waals surface area contributed by atoms with Gasteiger partial charge in [-0.1, -0.05) is 64.5 Å². The van der Waals surface area contributed by atoms with E-state index in [1.54, 1.807) is 4.90 Å². The van der Waals surface area contributed by atoms with E-state index in [4.69, 9.17) is 0 Å². The van der Waals surface area contributed by atoms with Gasteiger partial charge in [0.25, 0.3) is 5.91 Å². The molecular weight excluding hydrogens is 446 g/mol. The van der Waals surface area contributed by atoms with Crippen molar-refractivity contribution >= 4 is 39.3 Å². The molecule has 1 spiro atoms. The van der Waals surface area contributed by atoms with Crippen molar-refractivity contribution in [3.63, 3.8) is 0 Å². The molecule has 2 aromatic rings. The fourth-order valence-electron chi connectivity index (χ4n) is 5.40. The van der Waals surface area contributed by atoms with Crippen molar-refractivity contribution in [3.8, 4) is 0 Å². The highest BCUT2D eigenvalue weighted by Gasteiger charge is 2.70. The molecular formula is C23H22BrN3O3.